The topological polar surface area (TPSA) is 89.5 Å². The van der Waals surface area contributed by atoms with Crippen molar-refractivity contribution < 1.29 is 19.1 Å². The summed E-state index contributed by atoms with van der Waals surface area (Å²) in [6, 6.07) is 17.8. The Morgan fingerprint density at radius 1 is 0.971 bits per heavy atom. The van der Waals surface area contributed by atoms with Crippen LogP contribution in [0.25, 0.3) is 6.08 Å². The highest BCUT2D eigenvalue weighted by Gasteiger charge is 2.17. The van der Waals surface area contributed by atoms with Crippen LogP contribution in [0.5, 0.6) is 11.5 Å². The van der Waals surface area contributed by atoms with Gasteiger partial charge in [-0.3, -0.25) is 14.6 Å². The highest BCUT2D eigenvalue weighted by molar-refractivity contribution is 5.95. The third-order valence-electron chi connectivity index (χ3n) is 5.16. The summed E-state index contributed by atoms with van der Waals surface area (Å²) in [5.41, 5.74) is 2.77. The molecule has 2 N–H and O–H groups in total. The highest BCUT2D eigenvalue weighted by Crippen LogP contribution is 2.19. The fourth-order valence-corrected chi connectivity index (χ4v) is 3.14. The summed E-state index contributed by atoms with van der Waals surface area (Å²) in [5.74, 6) is 0.861. The Hall–Kier alpha value is -4.13. The van der Waals surface area contributed by atoms with E-state index in [-0.39, 0.29) is 17.9 Å². The number of methoxy groups -OCH3 is 1. The summed E-state index contributed by atoms with van der Waals surface area (Å²) in [7, 11) is 1.60. The molecule has 7 nitrogen and oxygen atoms in total. The number of nitrogens with zero attached hydrogens (tertiary/aromatic N) is 1. The lowest BCUT2D eigenvalue weighted by Gasteiger charge is -2.18. The molecule has 0 saturated carbocycles. The molecule has 1 aromatic heterocycles. The maximum atomic E-state index is 12.5. The van der Waals surface area contributed by atoms with Crippen molar-refractivity contribution in [2.75, 3.05) is 7.11 Å². The Morgan fingerprint density at radius 2 is 1.68 bits per heavy atom. The zero-order chi connectivity index (χ0) is 24.3. The highest BCUT2D eigenvalue weighted by atomic mass is 16.5. The molecule has 0 aliphatic carbocycles. The Morgan fingerprint density at radius 3 is 2.32 bits per heavy atom. The maximum Gasteiger partial charge on any atom is 0.244 e. The number of hydrogen-bond donors (Lipinski definition) is 2. The van der Waals surface area contributed by atoms with E-state index in [0.717, 1.165) is 28.2 Å². The summed E-state index contributed by atoms with van der Waals surface area (Å²) < 4.78 is 10.9. The first-order valence-corrected chi connectivity index (χ1v) is 11.0. The lowest BCUT2D eigenvalue weighted by Crippen LogP contribution is -2.45. The first kappa shape index (κ1) is 24.5. The number of aromatic nitrogens is 1. The van der Waals surface area contributed by atoms with Gasteiger partial charge in [-0.2, -0.15) is 0 Å². The second-order valence-corrected chi connectivity index (χ2v) is 7.79. The molecule has 2 atom stereocenters. The van der Waals surface area contributed by atoms with E-state index in [9.17, 15) is 9.59 Å². The van der Waals surface area contributed by atoms with Gasteiger partial charge in [0, 0.05) is 24.0 Å². The van der Waals surface area contributed by atoms with Gasteiger partial charge in [0.2, 0.25) is 11.8 Å². The van der Waals surface area contributed by atoms with Crippen LogP contribution in [-0.4, -0.2) is 29.9 Å². The van der Waals surface area contributed by atoms with Crippen LogP contribution in [0.1, 0.15) is 36.6 Å². The van der Waals surface area contributed by atoms with E-state index in [0.29, 0.717) is 6.61 Å². The first-order valence-electron chi connectivity index (χ1n) is 11.0. The van der Waals surface area contributed by atoms with Crippen LogP contribution in [0, 0.1) is 0 Å². The van der Waals surface area contributed by atoms with Crippen LogP contribution in [0.4, 0.5) is 0 Å². The quantitative estimate of drug-likeness (QED) is 0.446. The second-order valence-electron chi connectivity index (χ2n) is 7.79. The second kappa shape index (κ2) is 12.2. The average Bonchev–Trinajstić information content (AvgIpc) is 2.87. The summed E-state index contributed by atoms with van der Waals surface area (Å²) in [4.78, 5) is 28.8. The SMILES string of the molecule is COc1ccc(/C=C/C(=O)NC(C)C(=O)NC(C)c2ccc(OCc3cccnc3)cc2)cc1. The van der Waals surface area contributed by atoms with Crippen LogP contribution < -0.4 is 20.1 Å². The van der Waals surface area contributed by atoms with Crippen LogP contribution >= 0.6 is 0 Å². The van der Waals surface area contributed by atoms with Gasteiger partial charge < -0.3 is 20.1 Å². The summed E-state index contributed by atoms with van der Waals surface area (Å²) >= 11 is 0. The van der Waals surface area contributed by atoms with Gasteiger partial charge in [0.25, 0.3) is 0 Å². The summed E-state index contributed by atoms with van der Waals surface area (Å²) in [5, 5.41) is 5.61. The molecule has 0 saturated heterocycles. The number of rotatable bonds is 10. The van der Waals surface area contributed by atoms with E-state index in [1.165, 1.54) is 6.08 Å². The van der Waals surface area contributed by atoms with Crippen LogP contribution in [0.15, 0.2) is 79.1 Å². The molecule has 0 aliphatic rings. The van der Waals surface area contributed by atoms with Crippen molar-refractivity contribution >= 4 is 17.9 Å². The minimum absolute atomic E-state index is 0.228. The molecule has 3 rings (SSSR count). The van der Waals surface area contributed by atoms with Gasteiger partial charge in [-0.1, -0.05) is 30.3 Å². The molecule has 0 spiro atoms. The van der Waals surface area contributed by atoms with E-state index in [2.05, 4.69) is 15.6 Å². The number of benzene rings is 2. The molecule has 2 amide bonds. The normalized spacial score (nSPS) is 12.6. The summed E-state index contributed by atoms with van der Waals surface area (Å²) in [6.45, 7) is 3.97. The fraction of sp³-hybridized carbons (Fsp3) is 0.222. The van der Waals surface area contributed by atoms with Gasteiger partial charge in [-0.25, -0.2) is 0 Å². The molecule has 7 heteroatoms. The molecule has 0 radical (unpaired) electrons. The molecule has 176 valence electrons. The number of hydrogen-bond acceptors (Lipinski definition) is 5. The van der Waals surface area contributed by atoms with Crippen LogP contribution in [0.2, 0.25) is 0 Å². The lowest BCUT2D eigenvalue weighted by molar-refractivity contribution is -0.127. The molecule has 0 bridgehead atoms. The van der Waals surface area contributed by atoms with Crippen molar-refractivity contribution in [3.05, 3.63) is 95.8 Å². The van der Waals surface area contributed by atoms with E-state index < -0.39 is 6.04 Å². The number of amides is 2. The minimum Gasteiger partial charge on any atom is -0.497 e. The molecule has 3 aromatic rings. The Labute approximate surface area is 199 Å². The summed E-state index contributed by atoms with van der Waals surface area (Å²) in [6.07, 6.45) is 6.57. The van der Waals surface area contributed by atoms with Crippen molar-refractivity contribution in [2.24, 2.45) is 0 Å². The Kier molecular flexibility index (Phi) is 8.80. The number of ether oxygens (including phenoxy) is 2. The maximum absolute atomic E-state index is 12.5. The van der Waals surface area contributed by atoms with Crippen molar-refractivity contribution in [1.82, 2.24) is 15.6 Å². The monoisotopic (exact) mass is 459 g/mol. The molecular formula is C27H29N3O4. The number of carbonyl (C=O) groups excluding carboxylic acids is 2. The van der Waals surface area contributed by atoms with Crippen molar-refractivity contribution in [2.45, 2.75) is 32.5 Å². The van der Waals surface area contributed by atoms with Gasteiger partial charge >= 0.3 is 0 Å². The van der Waals surface area contributed by atoms with E-state index in [1.807, 2.05) is 67.6 Å². The third-order valence-corrected chi connectivity index (χ3v) is 5.16. The number of carbonyl (C=O) groups is 2. The van der Waals surface area contributed by atoms with Gasteiger partial charge in [0.1, 0.15) is 24.1 Å². The molecule has 0 fully saturated rings. The average molecular weight is 460 g/mol. The van der Waals surface area contributed by atoms with Crippen LogP contribution in [0.3, 0.4) is 0 Å². The fourth-order valence-electron chi connectivity index (χ4n) is 3.14. The molecule has 2 unspecified atom stereocenters. The number of pyridine rings is 1. The molecule has 2 aromatic carbocycles. The van der Waals surface area contributed by atoms with Crippen LogP contribution in [-0.2, 0) is 16.2 Å². The Bertz CT molecular complexity index is 1100. The van der Waals surface area contributed by atoms with Crippen molar-refractivity contribution in [1.29, 1.82) is 0 Å². The van der Waals surface area contributed by atoms with Gasteiger partial charge in [-0.05, 0) is 61.4 Å². The first-order chi connectivity index (χ1) is 16.4. The van der Waals surface area contributed by atoms with Gasteiger partial charge in [0.05, 0.1) is 13.2 Å². The van der Waals surface area contributed by atoms with Crippen molar-refractivity contribution in [3.63, 3.8) is 0 Å². The van der Waals surface area contributed by atoms with Gasteiger partial charge in [0.15, 0.2) is 0 Å². The van der Waals surface area contributed by atoms with Crippen molar-refractivity contribution in [3.8, 4) is 11.5 Å². The van der Waals surface area contributed by atoms with Gasteiger partial charge in [-0.15, -0.1) is 0 Å². The molecule has 34 heavy (non-hydrogen) atoms. The molecular weight excluding hydrogens is 430 g/mol. The Balaban J connectivity index is 1.46. The zero-order valence-electron chi connectivity index (χ0n) is 19.5. The smallest absolute Gasteiger partial charge is 0.244 e. The molecule has 1 heterocycles. The molecule has 0 aliphatic heterocycles. The largest absolute Gasteiger partial charge is 0.497 e. The third kappa shape index (κ3) is 7.48. The van der Waals surface area contributed by atoms with E-state index in [4.69, 9.17) is 9.47 Å². The van der Waals surface area contributed by atoms with E-state index in [1.54, 1.807) is 32.5 Å². The predicted octanol–water partition coefficient (Wildman–Crippen LogP) is 4.06. The lowest BCUT2D eigenvalue weighted by atomic mass is 10.1. The standard InChI is InChI=1S/C27H29N3O4/c1-19(23-9-13-25(14-10-23)34-18-22-5-4-16-28-17-22)30-27(32)20(2)29-26(31)15-8-21-6-11-24(33-3)12-7-21/h4-17,19-20H,18H2,1-3H3,(H,29,31)(H,30,32)/b15-8+. The zero-order valence-corrected chi connectivity index (χ0v) is 19.5. The van der Waals surface area contributed by atoms with E-state index >= 15 is 0 Å². The minimum atomic E-state index is -0.683. The number of nitrogens with one attached hydrogen (secondary N) is 2. The predicted molar refractivity (Wildman–Crippen MR) is 131 cm³/mol.